The molecule has 33 heavy (non-hydrogen) atoms. The van der Waals surface area contributed by atoms with Crippen molar-refractivity contribution in [1.82, 2.24) is 0 Å². The molecular weight excluding hydrogens is 422 g/mol. The van der Waals surface area contributed by atoms with Gasteiger partial charge in [-0.1, -0.05) is 42.5 Å². The van der Waals surface area contributed by atoms with Crippen LogP contribution in [0.4, 0.5) is 5.69 Å². The number of furan rings is 1. The molecule has 7 heteroatoms. The number of nitrogens with one attached hydrogen (secondary N) is 1. The number of carbonyl (C=O) groups is 1. The molecule has 1 heterocycles. The SMILES string of the molecule is COc1cc(OC)c(NC(=O)c2ccc(Oc3ccc(-c4ccccc4)cc3)o2)c(OC)c1. The van der Waals surface area contributed by atoms with Crippen LogP contribution in [0.15, 0.2) is 83.3 Å². The van der Waals surface area contributed by atoms with Gasteiger partial charge in [-0.2, -0.15) is 0 Å². The molecule has 0 aliphatic rings. The highest BCUT2D eigenvalue weighted by molar-refractivity contribution is 6.04. The Morgan fingerprint density at radius 1 is 0.727 bits per heavy atom. The van der Waals surface area contributed by atoms with E-state index >= 15 is 0 Å². The van der Waals surface area contributed by atoms with Crippen molar-refractivity contribution >= 4 is 11.6 Å². The first-order valence-corrected chi connectivity index (χ1v) is 10.2. The van der Waals surface area contributed by atoms with Gasteiger partial charge in [-0.3, -0.25) is 4.79 Å². The van der Waals surface area contributed by atoms with E-state index < -0.39 is 5.91 Å². The maximum atomic E-state index is 12.8. The van der Waals surface area contributed by atoms with E-state index in [0.717, 1.165) is 11.1 Å². The van der Waals surface area contributed by atoms with E-state index in [0.29, 0.717) is 28.7 Å². The molecule has 0 saturated carbocycles. The van der Waals surface area contributed by atoms with Gasteiger partial charge in [0.25, 0.3) is 11.9 Å². The molecule has 0 radical (unpaired) electrons. The Bertz CT molecular complexity index is 1210. The lowest BCUT2D eigenvalue weighted by Gasteiger charge is -2.15. The van der Waals surface area contributed by atoms with Gasteiger partial charge in [0, 0.05) is 18.2 Å². The molecule has 168 valence electrons. The van der Waals surface area contributed by atoms with Gasteiger partial charge >= 0.3 is 0 Å². The van der Waals surface area contributed by atoms with Gasteiger partial charge in [0.05, 0.1) is 21.3 Å². The van der Waals surface area contributed by atoms with Crippen LogP contribution < -0.4 is 24.3 Å². The number of amides is 1. The number of methoxy groups -OCH3 is 3. The van der Waals surface area contributed by atoms with Crippen molar-refractivity contribution in [2.24, 2.45) is 0 Å². The highest BCUT2D eigenvalue weighted by Gasteiger charge is 2.19. The van der Waals surface area contributed by atoms with Crippen LogP contribution in [0.2, 0.25) is 0 Å². The Labute approximate surface area is 191 Å². The second-order valence-electron chi connectivity index (χ2n) is 6.97. The third kappa shape index (κ3) is 4.93. The third-order valence-corrected chi connectivity index (χ3v) is 4.94. The van der Waals surface area contributed by atoms with Crippen LogP contribution in [0, 0.1) is 0 Å². The van der Waals surface area contributed by atoms with Crippen LogP contribution in [0.1, 0.15) is 10.6 Å². The van der Waals surface area contributed by atoms with Crippen molar-refractivity contribution in [1.29, 1.82) is 0 Å². The molecule has 4 aromatic rings. The molecule has 1 amide bonds. The van der Waals surface area contributed by atoms with Crippen LogP contribution in [0.3, 0.4) is 0 Å². The molecule has 0 saturated heterocycles. The number of benzene rings is 3. The lowest BCUT2D eigenvalue weighted by Crippen LogP contribution is -2.13. The van der Waals surface area contributed by atoms with Crippen LogP contribution in [0.25, 0.3) is 11.1 Å². The minimum absolute atomic E-state index is 0.0748. The molecule has 0 spiro atoms. The molecule has 0 unspecified atom stereocenters. The van der Waals surface area contributed by atoms with Crippen molar-refractivity contribution < 1.29 is 28.2 Å². The topological polar surface area (TPSA) is 79.2 Å². The van der Waals surface area contributed by atoms with E-state index in [4.69, 9.17) is 23.4 Å². The summed E-state index contributed by atoms with van der Waals surface area (Å²) in [5.41, 5.74) is 2.55. The fourth-order valence-corrected chi connectivity index (χ4v) is 3.26. The molecule has 4 rings (SSSR count). The predicted octanol–water partition coefficient (Wildman–Crippen LogP) is 6.02. The average molecular weight is 445 g/mol. The summed E-state index contributed by atoms with van der Waals surface area (Å²) in [4.78, 5) is 12.8. The summed E-state index contributed by atoms with van der Waals surface area (Å²) in [5.74, 6) is 1.70. The van der Waals surface area contributed by atoms with Crippen LogP contribution in [-0.2, 0) is 0 Å². The molecule has 7 nitrogen and oxygen atoms in total. The number of rotatable bonds is 8. The first-order valence-electron chi connectivity index (χ1n) is 10.2. The number of hydrogen-bond donors (Lipinski definition) is 1. The van der Waals surface area contributed by atoms with Crippen molar-refractivity contribution in [3.8, 4) is 40.1 Å². The van der Waals surface area contributed by atoms with Crippen molar-refractivity contribution in [3.63, 3.8) is 0 Å². The van der Waals surface area contributed by atoms with Gasteiger partial charge < -0.3 is 28.7 Å². The summed E-state index contributed by atoms with van der Waals surface area (Å²) in [6.45, 7) is 0. The van der Waals surface area contributed by atoms with E-state index in [1.165, 1.54) is 27.4 Å². The predicted molar refractivity (Wildman–Crippen MR) is 125 cm³/mol. The van der Waals surface area contributed by atoms with E-state index in [9.17, 15) is 4.79 Å². The summed E-state index contributed by atoms with van der Waals surface area (Å²) in [6.07, 6.45) is 0. The molecule has 0 fully saturated rings. The monoisotopic (exact) mass is 445 g/mol. The zero-order chi connectivity index (χ0) is 23.2. The molecule has 3 aromatic carbocycles. The third-order valence-electron chi connectivity index (χ3n) is 4.94. The van der Waals surface area contributed by atoms with Crippen LogP contribution in [0.5, 0.6) is 28.9 Å². The lowest BCUT2D eigenvalue weighted by atomic mass is 10.1. The first-order chi connectivity index (χ1) is 16.1. The van der Waals surface area contributed by atoms with Crippen molar-refractivity contribution in [2.45, 2.75) is 0 Å². The van der Waals surface area contributed by atoms with Crippen molar-refractivity contribution in [2.75, 3.05) is 26.6 Å². The molecule has 0 aliphatic heterocycles. The molecule has 1 N–H and O–H groups in total. The number of carbonyl (C=O) groups excluding carboxylic acids is 1. The van der Waals surface area contributed by atoms with Gasteiger partial charge in [0.1, 0.15) is 28.7 Å². The largest absolute Gasteiger partial charge is 0.496 e. The van der Waals surface area contributed by atoms with Crippen LogP contribution in [-0.4, -0.2) is 27.2 Å². The van der Waals surface area contributed by atoms with Crippen molar-refractivity contribution in [3.05, 3.63) is 84.6 Å². The Morgan fingerprint density at radius 2 is 1.36 bits per heavy atom. The van der Waals surface area contributed by atoms with E-state index in [-0.39, 0.29) is 11.7 Å². The summed E-state index contributed by atoms with van der Waals surface area (Å²) in [6, 6.07) is 24.1. The number of anilines is 1. The second kappa shape index (κ2) is 9.82. The maximum Gasteiger partial charge on any atom is 0.291 e. The highest BCUT2D eigenvalue weighted by Crippen LogP contribution is 2.39. The smallest absolute Gasteiger partial charge is 0.291 e. The fourth-order valence-electron chi connectivity index (χ4n) is 3.26. The Hall–Kier alpha value is -4.39. The molecule has 0 bridgehead atoms. The normalized spacial score (nSPS) is 10.4. The fraction of sp³-hybridized carbons (Fsp3) is 0.115. The molecule has 0 aliphatic carbocycles. The van der Waals surface area contributed by atoms with E-state index in [1.54, 1.807) is 18.2 Å². The lowest BCUT2D eigenvalue weighted by molar-refractivity contribution is 0.0991. The van der Waals surface area contributed by atoms with Gasteiger partial charge in [0.2, 0.25) is 0 Å². The molecule has 1 aromatic heterocycles. The van der Waals surface area contributed by atoms with Crippen LogP contribution >= 0.6 is 0 Å². The first kappa shape index (κ1) is 21.8. The average Bonchev–Trinajstić information content (AvgIpc) is 3.33. The standard InChI is InChI=1S/C26H23NO6/c1-29-20-15-22(30-2)25(23(16-20)31-3)27-26(28)21-13-14-24(33-21)32-19-11-9-18(10-12-19)17-7-5-4-6-8-17/h4-16H,1-3H3,(H,27,28). The summed E-state index contributed by atoms with van der Waals surface area (Å²) < 4.78 is 27.3. The highest BCUT2D eigenvalue weighted by atomic mass is 16.6. The van der Waals surface area contributed by atoms with Gasteiger partial charge in [-0.15, -0.1) is 0 Å². The second-order valence-corrected chi connectivity index (χ2v) is 6.97. The molecule has 0 atom stereocenters. The van der Waals surface area contributed by atoms with Gasteiger partial charge in [0.15, 0.2) is 5.76 Å². The van der Waals surface area contributed by atoms with E-state index in [2.05, 4.69) is 5.32 Å². The number of hydrogen-bond acceptors (Lipinski definition) is 6. The Kier molecular flexibility index (Phi) is 6.50. The quantitative estimate of drug-likeness (QED) is 0.357. The van der Waals surface area contributed by atoms with Gasteiger partial charge in [-0.25, -0.2) is 0 Å². The zero-order valence-electron chi connectivity index (χ0n) is 18.5. The summed E-state index contributed by atoms with van der Waals surface area (Å²) >= 11 is 0. The Morgan fingerprint density at radius 3 is 1.97 bits per heavy atom. The Balaban J connectivity index is 1.47. The summed E-state index contributed by atoms with van der Waals surface area (Å²) in [5, 5.41) is 2.76. The zero-order valence-corrected chi connectivity index (χ0v) is 18.5. The minimum atomic E-state index is -0.481. The summed E-state index contributed by atoms with van der Waals surface area (Å²) in [7, 11) is 4.52. The van der Waals surface area contributed by atoms with E-state index in [1.807, 2.05) is 54.6 Å². The van der Waals surface area contributed by atoms with Gasteiger partial charge in [-0.05, 0) is 29.3 Å². The molecular formula is C26H23NO6. The number of ether oxygens (including phenoxy) is 4. The minimum Gasteiger partial charge on any atom is -0.496 e. The maximum absolute atomic E-state index is 12.8.